The van der Waals surface area contributed by atoms with Crippen molar-refractivity contribution in [2.45, 2.75) is 12.8 Å². The van der Waals surface area contributed by atoms with Gasteiger partial charge in [-0.3, -0.25) is 14.6 Å². The number of rotatable bonds is 2. The van der Waals surface area contributed by atoms with Gasteiger partial charge in [-0.05, 0) is 18.6 Å². The van der Waals surface area contributed by atoms with Crippen molar-refractivity contribution < 1.29 is 14.3 Å². The molecule has 0 spiro atoms. The molecule has 1 aliphatic heterocycles. The molecule has 0 saturated heterocycles. The van der Waals surface area contributed by atoms with Crippen molar-refractivity contribution in [3.8, 4) is 0 Å². The van der Waals surface area contributed by atoms with E-state index in [0.717, 1.165) is 11.1 Å². The number of nitrogens with zero attached hydrogens (tertiary/aromatic N) is 1. The van der Waals surface area contributed by atoms with Crippen LogP contribution in [0, 0.1) is 5.92 Å². The first-order chi connectivity index (χ1) is 12.5. The molecule has 0 radical (unpaired) electrons. The van der Waals surface area contributed by atoms with Crippen LogP contribution < -0.4 is 0 Å². The maximum atomic E-state index is 13.2. The number of esters is 1. The van der Waals surface area contributed by atoms with Crippen molar-refractivity contribution in [3.63, 3.8) is 0 Å². The van der Waals surface area contributed by atoms with Crippen LogP contribution in [0.15, 0.2) is 59.1 Å². The summed E-state index contributed by atoms with van der Waals surface area (Å²) in [4.78, 5) is 30.4. The maximum absolute atomic E-state index is 13.2. The molecule has 0 aromatic heterocycles. The Morgan fingerprint density at radius 3 is 2.42 bits per heavy atom. The number of hydrogen-bond acceptors (Lipinski definition) is 4. The van der Waals surface area contributed by atoms with E-state index in [0.29, 0.717) is 27.6 Å². The standard InChI is InChI=1S/C21H16ClNO3/c1-11-16(21(25)26-2)17(14-9-5-6-10-15(14)22)18-19(23-11)12-7-3-4-8-13(12)20(18)24/h3-10,16-17H,1-2H3/t16?,17-/m1/s1. The second-order valence-corrected chi connectivity index (χ2v) is 6.80. The number of methoxy groups -OCH3 is 1. The fourth-order valence-corrected chi connectivity index (χ4v) is 4.10. The molecule has 4 rings (SSSR count). The van der Waals surface area contributed by atoms with Gasteiger partial charge in [-0.15, -0.1) is 0 Å². The quantitative estimate of drug-likeness (QED) is 0.746. The van der Waals surface area contributed by atoms with E-state index in [1.54, 1.807) is 19.1 Å². The van der Waals surface area contributed by atoms with Gasteiger partial charge in [0.1, 0.15) is 5.92 Å². The van der Waals surface area contributed by atoms with Crippen molar-refractivity contribution >= 4 is 34.8 Å². The third-order valence-electron chi connectivity index (χ3n) is 5.00. The van der Waals surface area contributed by atoms with Crippen LogP contribution in [0.25, 0.3) is 5.70 Å². The fraction of sp³-hybridized carbons (Fsp3) is 0.190. The van der Waals surface area contributed by atoms with Crippen LogP contribution in [-0.4, -0.2) is 24.6 Å². The smallest absolute Gasteiger partial charge is 0.315 e. The number of Topliss-reactive ketones (excluding diaryl/α,β-unsaturated/α-hetero) is 1. The zero-order chi connectivity index (χ0) is 18.4. The van der Waals surface area contributed by atoms with Gasteiger partial charge in [-0.25, -0.2) is 0 Å². The molecule has 2 aromatic rings. The monoisotopic (exact) mass is 365 g/mol. The van der Waals surface area contributed by atoms with E-state index in [1.165, 1.54) is 7.11 Å². The first kappa shape index (κ1) is 16.7. The Morgan fingerprint density at radius 2 is 1.73 bits per heavy atom. The van der Waals surface area contributed by atoms with Crippen molar-refractivity contribution in [1.82, 2.24) is 0 Å². The van der Waals surface area contributed by atoms with Crippen molar-refractivity contribution in [2.24, 2.45) is 10.9 Å². The molecule has 2 atom stereocenters. The summed E-state index contributed by atoms with van der Waals surface area (Å²) in [5, 5.41) is 0.511. The number of allylic oxidation sites excluding steroid dienone is 1. The lowest BCUT2D eigenvalue weighted by Crippen LogP contribution is -2.34. The molecule has 5 heteroatoms. The second-order valence-electron chi connectivity index (χ2n) is 6.39. The van der Waals surface area contributed by atoms with Gasteiger partial charge in [0.05, 0.1) is 12.8 Å². The Hall–Kier alpha value is -2.72. The van der Waals surface area contributed by atoms with Gasteiger partial charge in [0.25, 0.3) is 0 Å². The maximum Gasteiger partial charge on any atom is 0.315 e. The Bertz CT molecular complexity index is 1010. The van der Waals surface area contributed by atoms with Crippen LogP contribution in [0.3, 0.4) is 0 Å². The first-order valence-electron chi connectivity index (χ1n) is 8.30. The van der Waals surface area contributed by atoms with E-state index in [2.05, 4.69) is 4.99 Å². The number of carbonyl (C=O) groups excluding carboxylic acids is 2. The van der Waals surface area contributed by atoms with Crippen LogP contribution in [0.2, 0.25) is 5.02 Å². The highest BCUT2D eigenvalue weighted by Gasteiger charge is 2.46. The topological polar surface area (TPSA) is 55.7 Å². The highest BCUT2D eigenvalue weighted by molar-refractivity contribution is 6.32. The third kappa shape index (κ3) is 2.33. The number of benzene rings is 2. The molecular weight excluding hydrogens is 350 g/mol. The van der Waals surface area contributed by atoms with Crippen molar-refractivity contribution in [1.29, 1.82) is 0 Å². The molecule has 130 valence electrons. The average molecular weight is 366 g/mol. The normalized spacial score (nSPS) is 21.2. The number of halogens is 1. The van der Waals surface area contributed by atoms with E-state index in [1.807, 2.05) is 36.4 Å². The van der Waals surface area contributed by atoms with E-state index in [-0.39, 0.29) is 5.78 Å². The highest BCUT2D eigenvalue weighted by atomic mass is 35.5. The van der Waals surface area contributed by atoms with Crippen molar-refractivity contribution in [3.05, 3.63) is 75.8 Å². The molecule has 4 nitrogen and oxygen atoms in total. The predicted molar refractivity (Wildman–Crippen MR) is 101 cm³/mol. The number of ether oxygens (including phenoxy) is 1. The molecule has 26 heavy (non-hydrogen) atoms. The summed E-state index contributed by atoms with van der Waals surface area (Å²) in [5.41, 5.74) is 3.90. The summed E-state index contributed by atoms with van der Waals surface area (Å²) >= 11 is 6.44. The highest BCUT2D eigenvalue weighted by Crippen LogP contribution is 2.49. The van der Waals surface area contributed by atoms with Gasteiger partial charge in [0, 0.05) is 33.4 Å². The Kier molecular flexibility index (Phi) is 4.00. The van der Waals surface area contributed by atoms with Crippen LogP contribution in [0.1, 0.15) is 34.3 Å². The van der Waals surface area contributed by atoms with Gasteiger partial charge in [-0.2, -0.15) is 0 Å². The Labute approximate surface area is 156 Å². The van der Waals surface area contributed by atoms with Crippen LogP contribution >= 0.6 is 11.6 Å². The Morgan fingerprint density at radius 1 is 1.08 bits per heavy atom. The minimum atomic E-state index is -0.683. The lowest BCUT2D eigenvalue weighted by Gasteiger charge is -2.30. The van der Waals surface area contributed by atoms with Gasteiger partial charge in [-0.1, -0.05) is 54.1 Å². The summed E-state index contributed by atoms with van der Waals surface area (Å²) in [5.74, 6) is -1.74. The zero-order valence-electron chi connectivity index (χ0n) is 14.3. The number of carbonyl (C=O) groups is 2. The summed E-state index contributed by atoms with van der Waals surface area (Å²) in [6, 6.07) is 14.7. The third-order valence-corrected chi connectivity index (χ3v) is 5.35. The molecule has 1 aliphatic carbocycles. The molecule has 2 aliphatic rings. The molecular formula is C21H16ClNO3. The van der Waals surface area contributed by atoms with Gasteiger partial charge >= 0.3 is 5.97 Å². The van der Waals surface area contributed by atoms with E-state index < -0.39 is 17.8 Å². The summed E-state index contributed by atoms with van der Waals surface area (Å²) < 4.78 is 5.02. The molecule has 0 bridgehead atoms. The molecule has 0 N–H and O–H groups in total. The van der Waals surface area contributed by atoms with Crippen molar-refractivity contribution in [2.75, 3.05) is 7.11 Å². The summed E-state index contributed by atoms with van der Waals surface area (Å²) in [7, 11) is 1.34. The summed E-state index contributed by atoms with van der Waals surface area (Å²) in [6.07, 6.45) is 0. The number of hydrogen-bond donors (Lipinski definition) is 0. The fourth-order valence-electron chi connectivity index (χ4n) is 3.84. The number of aliphatic imine (C=N–C) groups is 1. The largest absolute Gasteiger partial charge is 0.468 e. The molecule has 0 amide bonds. The molecule has 0 fully saturated rings. The van der Waals surface area contributed by atoms with Crippen LogP contribution in [0.5, 0.6) is 0 Å². The molecule has 0 saturated carbocycles. The summed E-state index contributed by atoms with van der Waals surface area (Å²) in [6.45, 7) is 1.79. The van der Waals surface area contributed by atoms with E-state index >= 15 is 0 Å². The molecule has 1 unspecified atom stereocenters. The minimum Gasteiger partial charge on any atom is -0.468 e. The lowest BCUT2D eigenvalue weighted by molar-refractivity contribution is -0.143. The number of ketones is 1. The van der Waals surface area contributed by atoms with Gasteiger partial charge < -0.3 is 4.74 Å². The minimum absolute atomic E-state index is 0.106. The Balaban J connectivity index is 1.99. The molecule has 2 aromatic carbocycles. The average Bonchev–Trinajstić information content (AvgIpc) is 2.93. The van der Waals surface area contributed by atoms with E-state index in [9.17, 15) is 9.59 Å². The SMILES string of the molecule is COC(=O)C1C(C)=NC2=C(C(=O)c3ccccc32)[C@@H]1c1ccccc1Cl. The first-order valence-corrected chi connectivity index (χ1v) is 8.68. The van der Waals surface area contributed by atoms with Crippen LogP contribution in [-0.2, 0) is 9.53 Å². The number of fused-ring (bicyclic) bond motifs is 2. The lowest BCUT2D eigenvalue weighted by atomic mass is 9.75. The van der Waals surface area contributed by atoms with Gasteiger partial charge in [0.2, 0.25) is 0 Å². The predicted octanol–water partition coefficient (Wildman–Crippen LogP) is 4.29. The second kappa shape index (κ2) is 6.22. The van der Waals surface area contributed by atoms with Gasteiger partial charge in [0.15, 0.2) is 5.78 Å². The van der Waals surface area contributed by atoms with Crippen LogP contribution in [0.4, 0.5) is 0 Å². The molecule has 1 heterocycles. The zero-order valence-corrected chi connectivity index (χ0v) is 15.1. The van der Waals surface area contributed by atoms with E-state index in [4.69, 9.17) is 16.3 Å².